The van der Waals surface area contributed by atoms with Gasteiger partial charge in [-0.15, -0.1) is 0 Å². The highest BCUT2D eigenvalue weighted by atomic mass is 16.4. The minimum atomic E-state index is -0.939. The highest BCUT2D eigenvalue weighted by molar-refractivity contribution is 5.83. The molecular formula is C15H21N3O3. The molecule has 1 fully saturated rings. The maximum absolute atomic E-state index is 12.4. The Morgan fingerprint density at radius 1 is 1.52 bits per heavy atom. The summed E-state index contributed by atoms with van der Waals surface area (Å²) in [4.78, 5) is 29.2. The molecule has 6 heteroatoms. The van der Waals surface area contributed by atoms with E-state index in [1.807, 2.05) is 19.9 Å². The van der Waals surface area contributed by atoms with Crippen molar-refractivity contribution >= 4 is 12.0 Å². The lowest BCUT2D eigenvalue weighted by Crippen LogP contribution is -2.55. The van der Waals surface area contributed by atoms with E-state index < -0.39 is 12.0 Å². The Hall–Kier alpha value is -2.11. The van der Waals surface area contributed by atoms with Crippen LogP contribution in [-0.2, 0) is 4.79 Å². The number of piperidine rings is 1. The van der Waals surface area contributed by atoms with Gasteiger partial charge in [0.1, 0.15) is 6.04 Å². The standard InChI is InChI=1S/C15H21N3O3/c1-10-5-4-8-18(13(10)14(19)20)15(21)17-11(2)12-6-3-7-16-9-12/h3,6-7,9-11,13H,4-5,8H2,1-2H3,(H,17,21)(H,19,20). The summed E-state index contributed by atoms with van der Waals surface area (Å²) >= 11 is 0. The molecule has 2 rings (SSSR count). The Bertz CT molecular complexity index is 506. The number of urea groups is 1. The lowest BCUT2D eigenvalue weighted by Gasteiger charge is -2.37. The minimum absolute atomic E-state index is 0.0318. The number of carbonyl (C=O) groups is 2. The molecule has 1 saturated heterocycles. The van der Waals surface area contributed by atoms with E-state index in [-0.39, 0.29) is 18.0 Å². The number of carbonyl (C=O) groups excluding carboxylic acids is 1. The third-order valence-corrected chi connectivity index (χ3v) is 3.97. The zero-order valence-corrected chi connectivity index (χ0v) is 12.3. The molecule has 0 aromatic carbocycles. The van der Waals surface area contributed by atoms with Gasteiger partial charge in [0.2, 0.25) is 0 Å². The van der Waals surface area contributed by atoms with Crippen LogP contribution in [-0.4, -0.2) is 39.6 Å². The summed E-state index contributed by atoms with van der Waals surface area (Å²) in [6.45, 7) is 4.22. The van der Waals surface area contributed by atoms with Crippen molar-refractivity contribution in [3.63, 3.8) is 0 Å². The topological polar surface area (TPSA) is 82.5 Å². The lowest BCUT2D eigenvalue weighted by molar-refractivity contribution is -0.145. The molecule has 3 unspecified atom stereocenters. The molecule has 0 aliphatic carbocycles. The Labute approximate surface area is 124 Å². The van der Waals surface area contributed by atoms with Gasteiger partial charge >= 0.3 is 12.0 Å². The monoisotopic (exact) mass is 291 g/mol. The molecule has 2 N–H and O–H groups in total. The third kappa shape index (κ3) is 3.51. The maximum Gasteiger partial charge on any atom is 0.326 e. The van der Waals surface area contributed by atoms with Gasteiger partial charge in [0.05, 0.1) is 6.04 Å². The Morgan fingerprint density at radius 2 is 2.29 bits per heavy atom. The zero-order chi connectivity index (χ0) is 15.4. The van der Waals surface area contributed by atoms with Gasteiger partial charge in [-0.25, -0.2) is 9.59 Å². The van der Waals surface area contributed by atoms with Crippen molar-refractivity contribution in [2.75, 3.05) is 6.54 Å². The van der Waals surface area contributed by atoms with Gasteiger partial charge < -0.3 is 15.3 Å². The van der Waals surface area contributed by atoms with Crippen LogP contribution >= 0.6 is 0 Å². The molecule has 21 heavy (non-hydrogen) atoms. The molecule has 1 aromatic rings. The number of nitrogens with one attached hydrogen (secondary N) is 1. The summed E-state index contributed by atoms with van der Waals surface area (Å²) in [5, 5.41) is 12.2. The van der Waals surface area contributed by atoms with Crippen molar-refractivity contribution in [1.29, 1.82) is 0 Å². The molecule has 2 amide bonds. The Morgan fingerprint density at radius 3 is 2.90 bits per heavy atom. The number of amides is 2. The molecule has 3 atom stereocenters. The van der Waals surface area contributed by atoms with E-state index in [4.69, 9.17) is 0 Å². The number of aromatic nitrogens is 1. The number of pyridine rings is 1. The van der Waals surface area contributed by atoms with Crippen molar-refractivity contribution in [2.24, 2.45) is 5.92 Å². The predicted molar refractivity (Wildman–Crippen MR) is 77.7 cm³/mol. The summed E-state index contributed by atoms with van der Waals surface area (Å²) in [5.74, 6) is -0.970. The first-order chi connectivity index (χ1) is 10.0. The Balaban J connectivity index is 2.06. The molecular weight excluding hydrogens is 270 g/mol. The zero-order valence-electron chi connectivity index (χ0n) is 12.3. The second-order valence-corrected chi connectivity index (χ2v) is 5.55. The third-order valence-electron chi connectivity index (χ3n) is 3.97. The Kier molecular flexibility index (Phi) is 4.77. The SMILES string of the molecule is CC(NC(=O)N1CCCC(C)C1C(=O)O)c1cccnc1. The summed E-state index contributed by atoms with van der Waals surface area (Å²) in [6.07, 6.45) is 5.03. The summed E-state index contributed by atoms with van der Waals surface area (Å²) in [5.41, 5.74) is 0.891. The summed E-state index contributed by atoms with van der Waals surface area (Å²) in [7, 11) is 0. The van der Waals surface area contributed by atoms with E-state index in [0.29, 0.717) is 6.54 Å². The van der Waals surface area contributed by atoms with Crippen molar-refractivity contribution < 1.29 is 14.7 Å². The van der Waals surface area contributed by atoms with E-state index in [1.54, 1.807) is 18.5 Å². The van der Waals surface area contributed by atoms with Crippen molar-refractivity contribution in [3.8, 4) is 0 Å². The average molecular weight is 291 g/mol. The second-order valence-electron chi connectivity index (χ2n) is 5.55. The molecule has 0 saturated carbocycles. The fourth-order valence-electron chi connectivity index (χ4n) is 2.78. The highest BCUT2D eigenvalue weighted by Gasteiger charge is 2.37. The van der Waals surface area contributed by atoms with Gasteiger partial charge in [0, 0.05) is 18.9 Å². The molecule has 0 bridgehead atoms. The second kappa shape index (κ2) is 6.56. The van der Waals surface area contributed by atoms with Crippen molar-refractivity contribution in [2.45, 2.75) is 38.8 Å². The van der Waals surface area contributed by atoms with Crippen LogP contribution in [0.5, 0.6) is 0 Å². The van der Waals surface area contributed by atoms with Crippen LogP contribution in [0.4, 0.5) is 4.79 Å². The number of carboxylic acid groups (broad SMARTS) is 1. The van der Waals surface area contributed by atoms with Crippen LogP contribution in [0.1, 0.15) is 38.3 Å². The molecule has 0 radical (unpaired) electrons. The molecule has 0 spiro atoms. The first kappa shape index (κ1) is 15.3. The largest absolute Gasteiger partial charge is 0.480 e. The van der Waals surface area contributed by atoms with Crippen LogP contribution in [0.15, 0.2) is 24.5 Å². The van der Waals surface area contributed by atoms with Crippen LogP contribution in [0.2, 0.25) is 0 Å². The first-order valence-corrected chi connectivity index (χ1v) is 7.20. The van der Waals surface area contributed by atoms with Gasteiger partial charge in [0.15, 0.2) is 0 Å². The van der Waals surface area contributed by atoms with Crippen LogP contribution in [0, 0.1) is 5.92 Å². The minimum Gasteiger partial charge on any atom is -0.480 e. The van der Waals surface area contributed by atoms with Crippen LogP contribution < -0.4 is 5.32 Å². The number of carboxylic acids is 1. The molecule has 6 nitrogen and oxygen atoms in total. The van der Waals surface area contributed by atoms with Gasteiger partial charge in [-0.2, -0.15) is 0 Å². The van der Waals surface area contributed by atoms with E-state index in [2.05, 4.69) is 10.3 Å². The van der Waals surface area contributed by atoms with E-state index >= 15 is 0 Å². The molecule has 114 valence electrons. The number of nitrogens with zero attached hydrogens (tertiary/aromatic N) is 2. The van der Waals surface area contributed by atoms with E-state index in [1.165, 1.54) is 4.90 Å². The predicted octanol–water partition coefficient (Wildman–Crippen LogP) is 2.04. The van der Waals surface area contributed by atoms with E-state index in [9.17, 15) is 14.7 Å². The van der Waals surface area contributed by atoms with Crippen LogP contribution in [0.3, 0.4) is 0 Å². The van der Waals surface area contributed by atoms with Gasteiger partial charge in [0.25, 0.3) is 0 Å². The quantitative estimate of drug-likeness (QED) is 0.892. The number of rotatable bonds is 3. The molecule has 2 heterocycles. The van der Waals surface area contributed by atoms with Gasteiger partial charge in [-0.1, -0.05) is 13.0 Å². The van der Waals surface area contributed by atoms with E-state index in [0.717, 1.165) is 18.4 Å². The molecule has 1 aliphatic heterocycles. The number of hydrogen-bond acceptors (Lipinski definition) is 3. The lowest BCUT2D eigenvalue weighted by atomic mass is 9.91. The van der Waals surface area contributed by atoms with Gasteiger partial charge in [-0.05, 0) is 37.3 Å². The summed E-state index contributed by atoms with van der Waals surface area (Å²) < 4.78 is 0. The fraction of sp³-hybridized carbons (Fsp3) is 0.533. The summed E-state index contributed by atoms with van der Waals surface area (Å²) in [6, 6.07) is 2.40. The maximum atomic E-state index is 12.4. The highest BCUT2D eigenvalue weighted by Crippen LogP contribution is 2.24. The van der Waals surface area contributed by atoms with Crippen molar-refractivity contribution in [1.82, 2.24) is 15.2 Å². The number of aliphatic carboxylic acids is 1. The molecule has 1 aromatic heterocycles. The number of hydrogen-bond donors (Lipinski definition) is 2. The van der Waals surface area contributed by atoms with Crippen molar-refractivity contribution in [3.05, 3.63) is 30.1 Å². The fourth-order valence-corrected chi connectivity index (χ4v) is 2.78. The van der Waals surface area contributed by atoms with Crippen LogP contribution in [0.25, 0.3) is 0 Å². The smallest absolute Gasteiger partial charge is 0.326 e. The first-order valence-electron chi connectivity index (χ1n) is 7.20. The number of likely N-dealkylation sites (tertiary alicyclic amines) is 1. The van der Waals surface area contributed by atoms with Gasteiger partial charge in [-0.3, -0.25) is 4.98 Å². The molecule has 1 aliphatic rings. The average Bonchev–Trinajstić information content (AvgIpc) is 2.47. The normalized spacial score (nSPS) is 23.4.